The molecular weight excluding hydrogens is 332 g/mol. The van der Waals surface area contributed by atoms with E-state index in [-0.39, 0.29) is 22.0 Å². The van der Waals surface area contributed by atoms with E-state index in [2.05, 4.69) is 16.9 Å². The number of hydrogen-bond acceptors (Lipinski definition) is 6. The van der Waals surface area contributed by atoms with Crippen LogP contribution < -0.4 is 11.5 Å². The van der Waals surface area contributed by atoms with Gasteiger partial charge in [0.15, 0.2) is 0 Å². The molecule has 0 saturated heterocycles. The predicted octanol–water partition coefficient (Wildman–Crippen LogP) is 3.41. The van der Waals surface area contributed by atoms with E-state index >= 15 is 0 Å². The Morgan fingerprint density at radius 3 is 2.87 bits per heavy atom. The van der Waals surface area contributed by atoms with Crippen LogP contribution in [0.4, 0.5) is 5.82 Å². The fourth-order valence-corrected chi connectivity index (χ4v) is 5.33. The van der Waals surface area contributed by atoms with Gasteiger partial charge in [0.25, 0.3) is 0 Å². The lowest BCUT2D eigenvalue weighted by atomic mass is 9.73. The summed E-state index contributed by atoms with van der Waals surface area (Å²) in [5.74, 6) is 1.39. The van der Waals surface area contributed by atoms with Gasteiger partial charge in [0.2, 0.25) is 5.28 Å². The molecule has 23 heavy (non-hydrogen) atoms. The first-order chi connectivity index (χ1) is 11.0. The fraction of sp³-hybridized carbons (Fsp3) is 0.500. The molecule has 2 aromatic heterocycles. The van der Waals surface area contributed by atoms with Crippen LogP contribution in [-0.2, 0) is 11.8 Å². The molecule has 0 amide bonds. The van der Waals surface area contributed by atoms with E-state index in [0.717, 1.165) is 35.6 Å². The zero-order valence-corrected chi connectivity index (χ0v) is 14.8. The maximum atomic E-state index is 6.10. The van der Waals surface area contributed by atoms with Crippen LogP contribution in [-0.4, -0.2) is 21.3 Å². The van der Waals surface area contributed by atoms with Gasteiger partial charge in [0.05, 0.1) is 16.9 Å². The highest BCUT2D eigenvalue weighted by Gasteiger charge is 2.49. The Balaban J connectivity index is 2.11. The molecule has 2 aromatic rings. The molecule has 0 bridgehead atoms. The maximum Gasteiger partial charge on any atom is 0.224 e. The highest BCUT2D eigenvalue weighted by Crippen LogP contribution is 2.55. The smallest absolute Gasteiger partial charge is 0.224 e. The number of nitrogens with zero attached hydrogens (tertiary/aromatic N) is 2. The van der Waals surface area contributed by atoms with Crippen molar-refractivity contribution < 1.29 is 4.42 Å². The van der Waals surface area contributed by atoms with Crippen LogP contribution in [0.1, 0.15) is 38.1 Å². The Morgan fingerprint density at radius 1 is 1.48 bits per heavy atom. The molecule has 2 unspecified atom stereocenters. The number of thioether (sulfide) groups is 1. The third-order valence-corrected chi connectivity index (χ3v) is 6.23. The number of nitrogens with two attached hydrogens (primary N) is 2. The number of anilines is 1. The predicted molar refractivity (Wildman–Crippen MR) is 93.7 cm³/mol. The molecule has 124 valence electrons. The average molecular weight is 353 g/mol. The highest BCUT2D eigenvalue weighted by atomic mass is 35.5. The summed E-state index contributed by atoms with van der Waals surface area (Å²) < 4.78 is 5.60. The molecule has 3 atom stereocenters. The van der Waals surface area contributed by atoms with Crippen molar-refractivity contribution in [3.8, 4) is 0 Å². The summed E-state index contributed by atoms with van der Waals surface area (Å²) in [4.78, 5) is 9.60. The fourth-order valence-electron chi connectivity index (χ4n) is 3.35. The van der Waals surface area contributed by atoms with Crippen molar-refractivity contribution in [3.05, 3.63) is 35.1 Å². The van der Waals surface area contributed by atoms with Crippen molar-refractivity contribution in [1.82, 2.24) is 9.97 Å². The van der Waals surface area contributed by atoms with Gasteiger partial charge in [0.1, 0.15) is 11.6 Å². The molecule has 1 aliphatic heterocycles. The zero-order chi connectivity index (χ0) is 16.6. The van der Waals surface area contributed by atoms with Gasteiger partial charge in [-0.1, -0.05) is 6.92 Å². The van der Waals surface area contributed by atoms with Gasteiger partial charge in [-0.2, -0.15) is 4.98 Å². The first kappa shape index (κ1) is 16.6. The second kappa shape index (κ2) is 6.34. The molecule has 0 aromatic carbocycles. The van der Waals surface area contributed by atoms with Crippen LogP contribution in [0.15, 0.2) is 27.7 Å². The number of nitrogen functional groups attached to an aromatic ring is 1. The van der Waals surface area contributed by atoms with Gasteiger partial charge < -0.3 is 15.9 Å². The quantitative estimate of drug-likeness (QED) is 0.801. The van der Waals surface area contributed by atoms with Crippen molar-refractivity contribution >= 4 is 29.2 Å². The van der Waals surface area contributed by atoms with Crippen LogP contribution >= 0.6 is 23.4 Å². The van der Waals surface area contributed by atoms with Crippen molar-refractivity contribution in [1.29, 1.82) is 0 Å². The summed E-state index contributed by atoms with van der Waals surface area (Å²) in [6.45, 7) is 4.19. The Hall–Kier alpha value is -1.24. The molecule has 3 heterocycles. The summed E-state index contributed by atoms with van der Waals surface area (Å²) in [6.07, 6.45) is 4.22. The van der Waals surface area contributed by atoms with Crippen LogP contribution in [0.25, 0.3) is 0 Å². The van der Waals surface area contributed by atoms with Crippen LogP contribution in [0, 0.1) is 0 Å². The molecule has 0 saturated carbocycles. The number of rotatable bonds is 5. The van der Waals surface area contributed by atoms with Crippen molar-refractivity contribution in [2.24, 2.45) is 5.73 Å². The van der Waals surface area contributed by atoms with E-state index in [0.29, 0.717) is 5.82 Å². The van der Waals surface area contributed by atoms with Gasteiger partial charge in [-0.05, 0) is 43.5 Å². The molecule has 7 heteroatoms. The van der Waals surface area contributed by atoms with Gasteiger partial charge in [0, 0.05) is 23.1 Å². The molecule has 0 aliphatic carbocycles. The summed E-state index contributed by atoms with van der Waals surface area (Å²) >= 11 is 7.81. The van der Waals surface area contributed by atoms with E-state index in [4.69, 9.17) is 27.5 Å². The number of hydrogen-bond donors (Lipinski definition) is 2. The molecule has 4 N–H and O–H groups in total. The largest absolute Gasteiger partial charge is 0.469 e. The van der Waals surface area contributed by atoms with E-state index in [9.17, 15) is 0 Å². The van der Waals surface area contributed by atoms with Crippen LogP contribution in [0.5, 0.6) is 0 Å². The molecule has 1 aliphatic rings. The molecule has 5 nitrogen and oxygen atoms in total. The molecule has 0 radical (unpaired) electrons. The monoisotopic (exact) mass is 352 g/mol. The van der Waals surface area contributed by atoms with Crippen LogP contribution in [0.2, 0.25) is 5.28 Å². The first-order valence-corrected chi connectivity index (χ1v) is 9.00. The Bertz CT molecular complexity index is 692. The van der Waals surface area contributed by atoms with Crippen molar-refractivity contribution in [2.45, 2.75) is 54.7 Å². The number of fused-ring (bicyclic) bond motifs is 1. The number of aromatic nitrogens is 2. The van der Waals surface area contributed by atoms with E-state index in [1.54, 1.807) is 18.0 Å². The first-order valence-electron chi connectivity index (χ1n) is 7.74. The summed E-state index contributed by atoms with van der Waals surface area (Å²) in [5, 5.41) is 0.461. The highest BCUT2D eigenvalue weighted by molar-refractivity contribution is 8.00. The Kier molecular flexibility index (Phi) is 4.58. The summed E-state index contributed by atoms with van der Waals surface area (Å²) in [7, 11) is 0. The minimum Gasteiger partial charge on any atom is -0.469 e. The minimum absolute atomic E-state index is 0.0917. The van der Waals surface area contributed by atoms with E-state index in [1.807, 2.05) is 19.1 Å². The lowest BCUT2D eigenvalue weighted by molar-refractivity contribution is 0.333. The van der Waals surface area contributed by atoms with Crippen molar-refractivity contribution in [3.63, 3.8) is 0 Å². The lowest BCUT2D eigenvalue weighted by Gasteiger charge is -2.34. The molecular formula is C16H21ClN4OS. The third-order valence-electron chi connectivity index (χ3n) is 4.50. The standard InChI is InChI=1S/C16H21ClN4OS/c1-3-16(8-10-5-4-6-22-10)11(7-9(2)18)23-12-13(16)20-15(17)21-14(12)19/h4-6,9,11H,3,7-8,18H2,1-2H3,(H2,19,20,21)/t9-,11?,16?/m0/s1. The average Bonchev–Trinajstić information content (AvgIpc) is 3.07. The lowest BCUT2D eigenvalue weighted by Crippen LogP contribution is -2.39. The summed E-state index contributed by atoms with van der Waals surface area (Å²) in [5.41, 5.74) is 12.9. The van der Waals surface area contributed by atoms with Gasteiger partial charge >= 0.3 is 0 Å². The Morgan fingerprint density at radius 2 is 2.26 bits per heavy atom. The molecule has 3 rings (SSSR count). The number of furan rings is 1. The second-order valence-corrected chi connectivity index (χ2v) is 7.69. The third kappa shape index (κ3) is 2.95. The second-order valence-electron chi connectivity index (χ2n) is 6.14. The molecule has 0 spiro atoms. The summed E-state index contributed by atoms with van der Waals surface area (Å²) in [6, 6.07) is 3.99. The van der Waals surface area contributed by atoms with Gasteiger partial charge in [-0.3, -0.25) is 0 Å². The zero-order valence-electron chi connectivity index (χ0n) is 13.3. The number of halogens is 1. The minimum atomic E-state index is -0.202. The SMILES string of the molecule is CCC1(Cc2ccco2)c2nc(Cl)nc(N)c2SC1C[C@H](C)N. The van der Waals surface area contributed by atoms with E-state index in [1.165, 1.54) is 0 Å². The normalized spacial score (nSPS) is 24.6. The Labute approximate surface area is 145 Å². The van der Waals surface area contributed by atoms with Gasteiger partial charge in [-0.15, -0.1) is 11.8 Å². The van der Waals surface area contributed by atoms with Crippen LogP contribution in [0.3, 0.4) is 0 Å². The van der Waals surface area contributed by atoms with Crippen molar-refractivity contribution in [2.75, 3.05) is 5.73 Å². The van der Waals surface area contributed by atoms with E-state index < -0.39 is 0 Å². The molecule has 0 fully saturated rings. The maximum absolute atomic E-state index is 6.10. The van der Waals surface area contributed by atoms with Gasteiger partial charge in [-0.25, -0.2) is 4.98 Å². The topological polar surface area (TPSA) is 91.0 Å².